The van der Waals surface area contributed by atoms with E-state index in [1.165, 1.54) is 5.56 Å². The quantitative estimate of drug-likeness (QED) is 0.424. The van der Waals surface area contributed by atoms with Gasteiger partial charge in [0.05, 0.1) is 12.7 Å². The fourth-order valence-electron chi connectivity index (χ4n) is 2.93. The number of H-pyrrole nitrogens is 1. The van der Waals surface area contributed by atoms with Crippen LogP contribution in [0.2, 0.25) is 0 Å². The molecule has 162 valence electrons. The summed E-state index contributed by atoms with van der Waals surface area (Å²) in [5.74, 6) is 2.89. The monoisotopic (exact) mass is 430 g/mol. The molecule has 2 N–H and O–H groups in total. The summed E-state index contributed by atoms with van der Waals surface area (Å²) >= 11 is 0. The number of hydrogen-bond acceptors (Lipinski definition) is 6. The zero-order valence-electron chi connectivity index (χ0n) is 17.7. The minimum absolute atomic E-state index is 0.154. The number of aromatic nitrogens is 3. The largest absolute Gasteiger partial charge is 0.496 e. The Balaban J connectivity index is 1.29. The lowest BCUT2D eigenvalue weighted by Crippen LogP contribution is -2.20. The highest BCUT2D eigenvalue weighted by Crippen LogP contribution is 2.27. The van der Waals surface area contributed by atoms with Gasteiger partial charge in [0.1, 0.15) is 23.0 Å². The summed E-state index contributed by atoms with van der Waals surface area (Å²) in [6.07, 6.45) is 0. The van der Waals surface area contributed by atoms with E-state index < -0.39 is 0 Å². The highest BCUT2D eigenvalue weighted by atomic mass is 16.5. The number of amides is 1. The van der Waals surface area contributed by atoms with Crippen LogP contribution in [-0.2, 0) is 4.79 Å². The third-order valence-electron chi connectivity index (χ3n) is 4.55. The van der Waals surface area contributed by atoms with E-state index in [0.717, 1.165) is 11.3 Å². The molecule has 4 rings (SSSR count). The summed E-state index contributed by atoms with van der Waals surface area (Å²) in [6.45, 7) is 1.84. The lowest BCUT2D eigenvalue weighted by molar-refractivity contribution is -0.118. The Bertz CT molecular complexity index is 1190. The molecule has 0 saturated carbocycles. The molecule has 8 nitrogen and oxygen atoms in total. The molecule has 0 fully saturated rings. The molecule has 0 unspecified atom stereocenters. The number of carbonyl (C=O) groups excluding carboxylic acids is 1. The molecular weight excluding hydrogens is 408 g/mol. The molecule has 3 aromatic carbocycles. The Morgan fingerprint density at radius 1 is 0.938 bits per heavy atom. The van der Waals surface area contributed by atoms with E-state index in [9.17, 15) is 4.79 Å². The Kier molecular flexibility index (Phi) is 6.31. The predicted molar refractivity (Wildman–Crippen MR) is 120 cm³/mol. The summed E-state index contributed by atoms with van der Waals surface area (Å²) in [5.41, 5.74) is 1.91. The van der Waals surface area contributed by atoms with Gasteiger partial charge in [0.15, 0.2) is 12.4 Å². The van der Waals surface area contributed by atoms with Gasteiger partial charge in [0.25, 0.3) is 5.91 Å². The molecule has 1 amide bonds. The summed E-state index contributed by atoms with van der Waals surface area (Å²) in [5, 5.41) is 9.42. The number of para-hydroxylation sites is 1. The number of nitrogens with zero attached hydrogens (tertiary/aromatic N) is 2. The van der Waals surface area contributed by atoms with Gasteiger partial charge >= 0.3 is 0 Å². The maximum absolute atomic E-state index is 12.2. The molecule has 0 atom stereocenters. The maximum Gasteiger partial charge on any atom is 0.264 e. The van der Waals surface area contributed by atoms with Crippen LogP contribution in [0.15, 0.2) is 72.8 Å². The molecule has 0 aliphatic heterocycles. The highest BCUT2D eigenvalue weighted by molar-refractivity contribution is 5.90. The molecule has 0 aliphatic rings. The van der Waals surface area contributed by atoms with E-state index in [1.54, 1.807) is 31.4 Å². The number of carbonyl (C=O) groups is 1. The van der Waals surface area contributed by atoms with E-state index in [-0.39, 0.29) is 18.5 Å². The summed E-state index contributed by atoms with van der Waals surface area (Å²) in [6, 6.07) is 22.2. The second-order valence-corrected chi connectivity index (χ2v) is 6.93. The van der Waals surface area contributed by atoms with E-state index in [0.29, 0.717) is 23.1 Å². The summed E-state index contributed by atoms with van der Waals surface area (Å²) in [4.78, 5) is 16.5. The molecule has 0 bridgehead atoms. The van der Waals surface area contributed by atoms with Crippen molar-refractivity contribution < 1.29 is 19.0 Å². The second kappa shape index (κ2) is 9.65. The number of aromatic amines is 1. The topological polar surface area (TPSA) is 98.4 Å². The second-order valence-electron chi connectivity index (χ2n) is 6.93. The first kappa shape index (κ1) is 20.9. The van der Waals surface area contributed by atoms with Crippen LogP contribution in [0.3, 0.4) is 0 Å². The summed E-state index contributed by atoms with van der Waals surface area (Å²) in [7, 11) is 1.58. The lowest BCUT2D eigenvalue weighted by atomic mass is 10.2. The van der Waals surface area contributed by atoms with Crippen molar-refractivity contribution in [3.63, 3.8) is 0 Å². The molecule has 0 saturated heterocycles. The van der Waals surface area contributed by atoms with Crippen molar-refractivity contribution in [2.45, 2.75) is 6.92 Å². The van der Waals surface area contributed by atoms with E-state index in [1.807, 2.05) is 55.5 Å². The van der Waals surface area contributed by atoms with Gasteiger partial charge in [-0.25, -0.2) is 0 Å². The first-order valence-electron chi connectivity index (χ1n) is 9.94. The third-order valence-corrected chi connectivity index (χ3v) is 4.55. The van der Waals surface area contributed by atoms with Crippen LogP contribution in [0.25, 0.3) is 11.4 Å². The van der Waals surface area contributed by atoms with Crippen molar-refractivity contribution in [2.24, 2.45) is 0 Å². The van der Waals surface area contributed by atoms with E-state index in [2.05, 4.69) is 20.5 Å². The van der Waals surface area contributed by atoms with Gasteiger partial charge in [-0.05, 0) is 55.5 Å². The zero-order valence-corrected chi connectivity index (χ0v) is 17.7. The van der Waals surface area contributed by atoms with Crippen molar-refractivity contribution in [3.05, 3.63) is 78.4 Å². The van der Waals surface area contributed by atoms with Gasteiger partial charge in [0.2, 0.25) is 5.95 Å². The number of anilines is 1. The van der Waals surface area contributed by atoms with Crippen LogP contribution < -0.4 is 19.5 Å². The maximum atomic E-state index is 12.2. The van der Waals surface area contributed by atoms with Crippen molar-refractivity contribution in [3.8, 4) is 34.4 Å². The number of benzene rings is 3. The fourth-order valence-corrected chi connectivity index (χ4v) is 2.93. The zero-order chi connectivity index (χ0) is 22.3. The van der Waals surface area contributed by atoms with Gasteiger partial charge in [-0.3, -0.25) is 15.2 Å². The fraction of sp³-hybridized carbons (Fsp3) is 0.125. The number of ether oxygens (including phenoxy) is 3. The Morgan fingerprint density at radius 2 is 1.59 bits per heavy atom. The number of methoxy groups -OCH3 is 1. The number of nitrogens with one attached hydrogen (secondary N) is 2. The standard InChI is InChI=1S/C24H22N4O4/c1-16-7-9-18(10-8-16)32-19-13-11-17(12-14-19)31-15-22(29)25-24-26-23(27-28-24)20-5-3-4-6-21(20)30-2/h3-14H,15H2,1-2H3,(H2,25,26,27,28,29). The molecule has 0 spiro atoms. The minimum atomic E-state index is -0.379. The first-order valence-corrected chi connectivity index (χ1v) is 9.94. The third kappa shape index (κ3) is 5.23. The molecular formula is C24H22N4O4. The Morgan fingerprint density at radius 3 is 2.31 bits per heavy atom. The van der Waals surface area contributed by atoms with Crippen molar-refractivity contribution in [1.29, 1.82) is 0 Å². The van der Waals surface area contributed by atoms with Crippen molar-refractivity contribution in [1.82, 2.24) is 15.2 Å². The normalized spacial score (nSPS) is 10.4. The summed E-state index contributed by atoms with van der Waals surface area (Å²) < 4.78 is 16.6. The van der Waals surface area contributed by atoms with Crippen LogP contribution in [0.5, 0.6) is 23.0 Å². The Labute approximate surface area is 185 Å². The van der Waals surface area contributed by atoms with Crippen LogP contribution in [-0.4, -0.2) is 34.8 Å². The molecule has 4 aromatic rings. The van der Waals surface area contributed by atoms with Crippen LogP contribution in [0.1, 0.15) is 5.56 Å². The SMILES string of the molecule is COc1ccccc1-c1nc(NC(=O)COc2ccc(Oc3ccc(C)cc3)cc2)n[nH]1. The van der Waals surface area contributed by atoms with Crippen molar-refractivity contribution in [2.75, 3.05) is 19.0 Å². The average molecular weight is 430 g/mol. The van der Waals surface area contributed by atoms with Crippen LogP contribution in [0, 0.1) is 6.92 Å². The Hall–Kier alpha value is -4.33. The molecule has 1 heterocycles. The molecule has 0 radical (unpaired) electrons. The minimum Gasteiger partial charge on any atom is -0.496 e. The molecule has 1 aromatic heterocycles. The van der Waals surface area contributed by atoms with Crippen LogP contribution in [0.4, 0.5) is 5.95 Å². The van der Waals surface area contributed by atoms with Gasteiger partial charge in [0, 0.05) is 0 Å². The van der Waals surface area contributed by atoms with Crippen molar-refractivity contribution >= 4 is 11.9 Å². The van der Waals surface area contributed by atoms with E-state index in [4.69, 9.17) is 14.2 Å². The van der Waals surface area contributed by atoms with Gasteiger partial charge in [-0.15, -0.1) is 5.10 Å². The predicted octanol–water partition coefficient (Wildman–Crippen LogP) is 4.60. The number of aryl methyl sites for hydroxylation is 1. The van der Waals surface area contributed by atoms with Crippen LogP contribution >= 0.6 is 0 Å². The van der Waals surface area contributed by atoms with Gasteiger partial charge in [-0.1, -0.05) is 29.8 Å². The smallest absolute Gasteiger partial charge is 0.264 e. The lowest BCUT2D eigenvalue weighted by Gasteiger charge is -2.08. The highest BCUT2D eigenvalue weighted by Gasteiger charge is 2.12. The average Bonchev–Trinajstić information content (AvgIpc) is 3.28. The van der Waals surface area contributed by atoms with Gasteiger partial charge in [-0.2, -0.15) is 4.98 Å². The molecule has 0 aliphatic carbocycles. The number of hydrogen-bond donors (Lipinski definition) is 2. The first-order chi connectivity index (χ1) is 15.6. The van der Waals surface area contributed by atoms with E-state index >= 15 is 0 Å². The van der Waals surface area contributed by atoms with Gasteiger partial charge < -0.3 is 14.2 Å². The molecule has 32 heavy (non-hydrogen) atoms. The number of rotatable bonds is 8. The molecule has 8 heteroatoms.